The maximum absolute atomic E-state index is 8.62. The third kappa shape index (κ3) is 1.32. The first-order valence-corrected chi connectivity index (χ1v) is 3.50. The van der Waals surface area contributed by atoms with E-state index in [1.54, 1.807) is 10.9 Å². The summed E-state index contributed by atoms with van der Waals surface area (Å²) >= 11 is 0. The number of anilines is 1. The zero-order valence-electron chi connectivity index (χ0n) is 6.41. The minimum atomic E-state index is 0.320. The van der Waals surface area contributed by atoms with Crippen molar-refractivity contribution < 1.29 is 0 Å². The third-order valence-electron chi connectivity index (χ3n) is 1.44. The van der Waals surface area contributed by atoms with Crippen LogP contribution in [0.4, 0.5) is 5.82 Å². The van der Waals surface area contributed by atoms with Gasteiger partial charge in [0.1, 0.15) is 6.07 Å². The number of nitrogens with zero attached hydrogens (tertiary/aromatic N) is 3. The molecule has 0 atom stereocenters. The van der Waals surface area contributed by atoms with Gasteiger partial charge in [0, 0.05) is 6.54 Å². The summed E-state index contributed by atoms with van der Waals surface area (Å²) in [5.74, 6) is 0.320. The van der Waals surface area contributed by atoms with E-state index in [0.29, 0.717) is 11.5 Å². The Balaban J connectivity index is 2.98. The largest absolute Gasteiger partial charge is 0.381 e. The number of nitriles is 1. The van der Waals surface area contributed by atoms with Crippen molar-refractivity contribution in [3.05, 3.63) is 12.0 Å². The Labute approximate surface area is 65.3 Å². The molecule has 0 bridgehead atoms. The van der Waals surface area contributed by atoms with Gasteiger partial charge < -0.3 is 10.3 Å². The van der Waals surface area contributed by atoms with Gasteiger partial charge in [-0.05, 0) is 6.42 Å². The fourth-order valence-corrected chi connectivity index (χ4v) is 0.930. The predicted molar refractivity (Wildman–Crippen MR) is 41.6 cm³/mol. The summed E-state index contributed by atoms with van der Waals surface area (Å²) in [5, 5.41) is 8.62. The standard InChI is InChI=1S/C7H10N4/c1-2-3-11-5-10-7(9)6(11)4-8/h5H,2-3,9H2,1H3. The van der Waals surface area contributed by atoms with Gasteiger partial charge in [-0.25, -0.2) is 4.98 Å². The highest BCUT2D eigenvalue weighted by molar-refractivity contribution is 5.43. The van der Waals surface area contributed by atoms with Crippen molar-refractivity contribution >= 4 is 5.82 Å². The van der Waals surface area contributed by atoms with E-state index >= 15 is 0 Å². The monoisotopic (exact) mass is 150 g/mol. The average molecular weight is 150 g/mol. The van der Waals surface area contributed by atoms with E-state index < -0.39 is 0 Å². The first-order valence-electron chi connectivity index (χ1n) is 3.50. The quantitative estimate of drug-likeness (QED) is 0.676. The van der Waals surface area contributed by atoms with Gasteiger partial charge in [0.15, 0.2) is 11.5 Å². The molecule has 0 aliphatic heterocycles. The van der Waals surface area contributed by atoms with Crippen molar-refractivity contribution in [1.82, 2.24) is 9.55 Å². The molecular formula is C7H10N4. The number of hydrogen-bond acceptors (Lipinski definition) is 3. The number of nitrogens with two attached hydrogens (primary N) is 1. The van der Waals surface area contributed by atoms with Crippen molar-refractivity contribution in [3.63, 3.8) is 0 Å². The second-order valence-electron chi connectivity index (χ2n) is 2.28. The highest BCUT2D eigenvalue weighted by Crippen LogP contribution is 2.07. The van der Waals surface area contributed by atoms with Crippen LogP contribution in [-0.2, 0) is 6.54 Å². The Morgan fingerprint density at radius 3 is 3.09 bits per heavy atom. The van der Waals surface area contributed by atoms with E-state index in [-0.39, 0.29) is 0 Å². The Bertz CT molecular complexity index is 281. The maximum Gasteiger partial charge on any atom is 0.164 e. The normalized spacial score (nSPS) is 9.45. The molecule has 1 heterocycles. The minimum Gasteiger partial charge on any atom is -0.381 e. The summed E-state index contributed by atoms with van der Waals surface area (Å²) in [6.07, 6.45) is 2.57. The van der Waals surface area contributed by atoms with Crippen LogP contribution in [0.1, 0.15) is 19.0 Å². The second-order valence-corrected chi connectivity index (χ2v) is 2.28. The Morgan fingerprint density at radius 1 is 1.82 bits per heavy atom. The number of imidazole rings is 1. The summed E-state index contributed by atoms with van der Waals surface area (Å²) in [6.45, 7) is 2.84. The topological polar surface area (TPSA) is 67.6 Å². The van der Waals surface area contributed by atoms with Crippen LogP contribution in [0.2, 0.25) is 0 Å². The molecule has 1 aromatic heterocycles. The molecule has 0 saturated heterocycles. The zero-order valence-corrected chi connectivity index (χ0v) is 6.41. The molecule has 2 N–H and O–H groups in total. The molecule has 0 amide bonds. The van der Waals surface area contributed by atoms with Crippen LogP contribution in [0.5, 0.6) is 0 Å². The fraction of sp³-hybridized carbons (Fsp3) is 0.429. The molecule has 4 heteroatoms. The van der Waals surface area contributed by atoms with E-state index in [1.165, 1.54) is 0 Å². The summed E-state index contributed by atoms with van der Waals surface area (Å²) in [4.78, 5) is 3.82. The lowest BCUT2D eigenvalue weighted by Crippen LogP contribution is -1.99. The van der Waals surface area contributed by atoms with Crippen molar-refractivity contribution in [1.29, 1.82) is 5.26 Å². The van der Waals surface area contributed by atoms with Crippen LogP contribution in [0.3, 0.4) is 0 Å². The van der Waals surface area contributed by atoms with Crippen LogP contribution in [0.25, 0.3) is 0 Å². The molecule has 1 rings (SSSR count). The average Bonchev–Trinajstić information content (AvgIpc) is 2.33. The minimum absolute atomic E-state index is 0.320. The van der Waals surface area contributed by atoms with Crippen molar-refractivity contribution in [2.24, 2.45) is 0 Å². The Kier molecular flexibility index (Phi) is 2.12. The Morgan fingerprint density at radius 2 is 2.55 bits per heavy atom. The van der Waals surface area contributed by atoms with Gasteiger partial charge in [-0.1, -0.05) is 6.92 Å². The van der Waals surface area contributed by atoms with Crippen LogP contribution in [0, 0.1) is 11.3 Å². The number of rotatable bonds is 2. The van der Waals surface area contributed by atoms with Crippen LogP contribution < -0.4 is 5.73 Å². The van der Waals surface area contributed by atoms with Gasteiger partial charge in [-0.3, -0.25) is 0 Å². The van der Waals surface area contributed by atoms with Crippen molar-refractivity contribution in [2.45, 2.75) is 19.9 Å². The number of aromatic nitrogens is 2. The summed E-state index contributed by atoms with van der Waals surface area (Å²) in [5.41, 5.74) is 5.89. The molecular weight excluding hydrogens is 140 g/mol. The lowest BCUT2D eigenvalue weighted by Gasteiger charge is -1.98. The molecule has 0 aliphatic carbocycles. The molecule has 11 heavy (non-hydrogen) atoms. The third-order valence-corrected chi connectivity index (χ3v) is 1.44. The fourth-order valence-electron chi connectivity index (χ4n) is 0.930. The molecule has 0 spiro atoms. The van der Waals surface area contributed by atoms with Gasteiger partial charge in [0.25, 0.3) is 0 Å². The van der Waals surface area contributed by atoms with Crippen molar-refractivity contribution in [3.8, 4) is 6.07 Å². The first kappa shape index (κ1) is 7.61. The second kappa shape index (κ2) is 3.06. The summed E-state index contributed by atoms with van der Waals surface area (Å²) in [6, 6.07) is 2.00. The van der Waals surface area contributed by atoms with Crippen molar-refractivity contribution in [2.75, 3.05) is 5.73 Å². The summed E-state index contributed by atoms with van der Waals surface area (Å²) in [7, 11) is 0. The number of aryl methyl sites for hydroxylation is 1. The van der Waals surface area contributed by atoms with E-state index in [9.17, 15) is 0 Å². The van der Waals surface area contributed by atoms with Gasteiger partial charge in [0.2, 0.25) is 0 Å². The molecule has 4 nitrogen and oxygen atoms in total. The molecule has 0 aliphatic rings. The van der Waals surface area contributed by atoms with Gasteiger partial charge >= 0.3 is 0 Å². The molecule has 0 fully saturated rings. The van der Waals surface area contributed by atoms with E-state index in [4.69, 9.17) is 11.0 Å². The van der Waals surface area contributed by atoms with Gasteiger partial charge in [0.05, 0.1) is 6.33 Å². The van der Waals surface area contributed by atoms with Crippen LogP contribution in [-0.4, -0.2) is 9.55 Å². The Hall–Kier alpha value is -1.50. The van der Waals surface area contributed by atoms with E-state index in [2.05, 4.69) is 4.98 Å². The highest BCUT2D eigenvalue weighted by atomic mass is 15.1. The van der Waals surface area contributed by atoms with Gasteiger partial charge in [-0.15, -0.1) is 0 Å². The SMILES string of the molecule is CCCn1cnc(N)c1C#N. The maximum atomic E-state index is 8.62. The number of nitrogen functional groups attached to an aromatic ring is 1. The van der Waals surface area contributed by atoms with E-state index in [0.717, 1.165) is 13.0 Å². The predicted octanol–water partition coefficient (Wildman–Crippen LogP) is 0.747. The van der Waals surface area contributed by atoms with Crippen LogP contribution in [0.15, 0.2) is 6.33 Å². The number of hydrogen-bond donors (Lipinski definition) is 1. The zero-order chi connectivity index (χ0) is 8.27. The molecule has 0 radical (unpaired) electrons. The highest BCUT2D eigenvalue weighted by Gasteiger charge is 2.04. The lowest BCUT2D eigenvalue weighted by molar-refractivity contribution is 0.672. The molecule has 1 aromatic rings. The molecule has 0 saturated carbocycles. The molecule has 0 aromatic carbocycles. The first-order chi connectivity index (χ1) is 5.29. The molecule has 58 valence electrons. The molecule has 0 unspecified atom stereocenters. The van der Waals surface area contributed by atoms with Crippen LogP contribution >= 0.6 is 0 Å². The van der Waals surface area contributed by atoms with E-state index in [1.807, 2.05) is 13.0 Å². The smallest absolute Gasteiger partial charge is 0.164 e. The van der Waals surface area contributed by atoms with Gasteiger partial charge in [-0.2, -0.15) is 5.26 Å². The lowest BCUT2D eigenvalue weighted by atomic mass is 10.4. The summed E-state index contributed by atoms with van der Waals surface area (Å²) < 4.78 is 1.76.